The number of aryl methyl sites for hydroxylation is 1. The van der Waals surface area contributed by atoms with Crippen molar-refractivity contribution in [1.82, 2.24) is 5.43 Å². The van der Waals surface area contributed by atoms with Gasteiger partial charge in [-0.05, 0) is 70.4 Å². The predicted octanol–water partition coefficient (Wildman–Crippen LogP) is 6.51. The average molecular weight is 563 g/mol. The van der Waals surface area contributed by atoms with Gasteiger partial charge in [-0.1, -0.05) is 47.5 Å². The number of rotatable bonds is 9. The van der Waals surface area contributed by atoms with Crippen LogP contribution in [0.15, 0.2) is 70.2 Å². The number of ether oxygens (including phenoxy) is 1. The Hall–Kier alpha value is -2.87. The Morgan fingerprint density at radius 2 is 1.79 bits per heavy atom. The highest BCUT2D eigenvalue weighted by Crippen LogP contribution is 2.28. The molecule has 3 rings (SSSR count). The summed E-state index contributed by atoms with van der Waals surface area (Å²) in [5, 5.41) is 7.86. The molecule has 0 aliphatic heterocycles. The van der Waals surface area contributed by atoms with Crippen molar-refractivity contribution in [3.63, 3.8) is 0 Å². The number of halogens is 3. The molecule has 34 heavy (non-hydrogen) atoms. The monoisotopic (exact) mass is 561 g/mol. The largest absolute Gasteiger partial charge is 0.488 e. The van der Waals surface area contributed by atoms with Crippen LogP contribution in [0, 0.1) is 6.92 Å². The van der Waals surface area contributed by atoms with E-state index in [1.165, 1.54) is 6.21 Å². The first-order valence-corrected chi connectivity index (χ1v) is 11.9. The maximum atomic E-state index is 12.1. The van der Waals surface area contributed by atoms with E-state index in [0.29, 0.717) is 15.8 Å². The van der Waals surface area contributed by atoms with Gasteiger partial charge in [0, 0.05) is 34.1 Å². The molecule has 9 heteroatoms. The normalized spacial score (nSPS) is 10.8. The first kappa shape index (κ1) is 25.7. The van der Waals surface area contributed by atoms with Crippen molar-refractivity contribution in [2.75, 3.05) is 5.32 Å². The Kier molecular flexibility index (Phi) is 9.51. The van der Waals surface area contributed by atoms with Gasteiger partial charge in [0.1, 0.15) is 12.4 Å². The maximum absolute atomic E-state index is 12.1. The van der Waals surface area contributed by atoms with E-state index in [1.807, 2.05) is 43.3 Å². The molecule has 0 saturated carbocycles. The van der Waals surface area contributed by atoms with Crippen LogP contribution in [-0.2, 0) is 16.2 Å². The van der Waals surface area contributed by atoms with Gasteiger partial charge in [-0.3, -0.25) is 9.59 Å². The van der Waals surface area contributed by atoms with Crippen molar-refractivity contribution in [3.8, 4) is 5.75 Å². The second kappa shape index (κ2) is 12.6. The molecule has 0 atom stereocenters. The summed E-state index contributed by atoms with van der Waals surface area (Å²) in [6.45, 7) is 2.19. The number of carbonyl (C=O) groups excluding carboxylic acids is 2. The van der Waals surface area contributed by atoms with Crippen LogP contribution < -0.4 is 15.5 Å². The van der Waals surface area contributed by atoms with E-state index in [0.717, 1.165) is 26.9 Å². The Balaban J connectivity index is 1.45. The topological polar surface area (TPSA) is 79.8 Å². The smallest absolute Gasteiger partial charge is 0.240 e. The molecule has 0 aliphatic carbocycles. The summed E-state index contributed by atoms with van der Waals surface area (Å²) in [7, 11) is 0. The van der Waals surface area contributed by atoms with Crippen LogP contribution in [0.1, 0.15) is 29.5 Å². The highest BCUT2D eigenvalue weighted by molar-refractivity contribution is 9.10. The molecule has 2 N–H and O–H groups in total. The lowest BCUT2D eigenvalue weighted by molar-refractivity contribution is -0.124. The van der Waals surface area contributed by atoms with Crippen LogP contribution in [0.5, 0.6) is 5.75 Å². The first-order chi connectivity index (χ1) is 16.3. The highest BCUT2D eigenvalue weighted by atomic mass is 79.9. The van der Waals surface area contributed by atoms with Crippen molar-refractivity contribution in [2.24, 2.45) is 5.10 Å². The van der Waals surface area contributed by atoms with Crippen LogP contribution in [0.25, 0.3) is 0 Å². The molecule has 0 aliphatic rings. The fraction of sp³-hybridized carbons (Fsp3) is 0.160. The molecule has 176 valence electrons. The number of anilines is 1. The number of hydrogen-bond donors (Lipinski definition) is 2. The van der Waals surface area contributed by atoms with Crippen LogP contribution in [0.2, 0.25) is 10.0 Å². The van der Waals surface area contributed by atoms with Crippen molar-refractivity contribution in [1.29, 1.82) is 0 Å². The molecule has 0 aromatic heterocycles. The van der Waals surface area contributed by atoms with E-state index < -0.39 is 0 Å². The van der Waals surface area contributed by atoms with Gasteiger partial charge in [-0.25, -0.2) is 5.43 Å². The van der Waals surface area contributed by atoms with E-state index in [-0.39, 0.29) is 31.3 Å². The number of nitrogens with zero attached hydrogens (tertiary/aromatic N) is 1. The third-order valence-corrected chi connectivity index (χ3v) is 5.96. The number of hydrogen-bond acceptors (Lipinski definition) is 4. The van der Waals surface area contributed by atoms with Crippen LogP contribution in [0.4, 0.5) is 5.69 Å². The number of nitrogens with one attached hydrogen (secondary N) is 2. The maximum Gasteiger partial charge on any atom is 0.240 e. The summed E-state index contributed by atoms with van der Waals surface area (Å²) < 4.78 is 6.54. The number of para-hydroxylation sites is 1. The first-order valence-electron chi connectivity index (χ1n) is 10.4. The van der Waals surface area contributed by atoms with Gasteiger partial charge in [-0.2, -0.15) is 5.10 Å². The molecule has 0 radical (unpaired) electrons. The van der Waals surface area contributed by atoms with Crippen LogP contribution in [-0.4, -0.2) is 18.0 Å². The fourth-order valence-corrected chi connectivity index (χ4v) is 3.87. The van der Waals surface area contributed by atoms with Crippen molar-refractivity contribution < 1.29 is 14.3 Å². The van der Waals surface area contributed by atoms with E-state index in [9.17, 15) is 9.59 Å². The summed E-state index contributed by atoms with van der Waals surface area (Å²) >= 11 is 15.6. The van der Waals surface area contributed by atoms with E-state index >= 15 is 0 Å². The van der Waals surface area contributed by atoms with Gasteiger partial charge >= 0.3 is 0 Å². The third-order valence-electron chi connectivity index (χ3n) is 4.76. The SMILES string of the molecule is Cc1ccccc1NC(=O)CCC(=O)NN=Cc1ccc(OCc2ccc(Cl)cc2Cl)c(Br)c1. The standard InChI is InChI=1S/C25H22BrCl2N3O3/c1-16-4-2-3-5-22(16)30-24(32)10-11-25(33)31-29-14-17-6-9-23(20(26)12-17)34-15-18-7-8-19(27)13-21(18)28/h2-9,12-14H,10-11,15H2,1H3,(H,30,32)(H,31,33). The van der Waals surface area contributed by atoms with Crippen molar-refractivity contribution in [2.45, 2.75) is 26.4 Å². The summed E-state index contributed by atoms with van der Waals surface area (Å²) in [4.78, 5) is 24.0. The summed E-state index contributed by atoms with van der Waals surface area (Å²) in [5.74, 6) is 0.0507. The highest BCUT2D eigenvalue weighted by Gasteiger charge is 2.08. The van der Waals surface area contributed by atoms with E-state index in [4.69, 9.17) is 27.9 Å². The molecule has 0 saturated heterocycles. The second-order valence-corrected chi connectivity index (χ2v) is 9.07. The third kappa shape index (κ3) is 7.87. The predicted molar refractivity (Wildman–Crippen MR) is 140 cm³/mol. The zero-order valence-electron chi connectivity index (χ0n) is 18.3. The lowest BCUT2D eigenvalue weighted by Crippen LogP contribution is -2.20. The minimum Gasteiger partial charge on any atom is -0.488 e. The number of carbonyl (C=O) groups is 2. The molecule has 6 nitrogen and oxygen atoms in total. The summed E-state index contributed by atoms with van der Waals surface area (Å²) in [6.07, 6.45) is 1.60. The Labute approximate surface area is 216 Å². The number of hydrazone groups is 1. The molecule has 0 bridgehead atoms. The molecule has 0 heterocycles. The Morgan fingerprint density at radius 1 is 1.03 bits per heavy atom. The summed E-state index contributed by atoms with van der Waals surface area (Å²) in [5.41, 5.74) is 5.70. The molecule has 3 aromatic rings. The molecule has 0 unspecified atom stereocenters. The molecule has 0 spiro atoms. The van der Waals surface area contributed by atoms with Crippen molar-refractivity contribution in [3.05, 3.63) is 91.9 Å². The minimum atomic E-state index is -0.352. The Bertz CT molecular complexity index is 1220. The quantitative estimate of drug-likeness (QED) is 0.230. The zero-order chi connectivity index (χ0) is 24.5. The molecule has 2 amide bonds. The molecular weight excluding hydrogens is 541 g/mol. The fourth-order valence-electron chi connectivity index (χ4n) is 2.90. The van der Waals surface area contributed by atoms with Crippen LogP contribution in [0.3, 0.4) is 0 Å². The van der Waals surface area contributed by atoms with Gasteiger partial charge in [0.05, 0.1) is 10.7 Å². The second-order valence-electron chi connectivity index (χ2n) is 7.37. The van der Waals surface area contributed by atoms with E-state index in [2.05, 4.69) is 31.8 Å². The van der Waals surface area contributed by atoms with Gasteiger partial charge in [0.15, 0.2) is 0 Å². The van der Waals surface area contributed by atoms with Gasteiger partial charge in [0.2, 0.25) is 11.8 Å². The molecular formula is C25H22BrCl2N3O3. The minimum absolute atomic E-state index is 0.0266. The van der Waals surface area contributed by atoms with E-state index in [1.54, 1.807) is 24.3 Å². The van der Waals surface area contributed by atoms with Gasteiger partial charge in [-0.15, -0.1) is 0 Å². The van der Waals surface area contributed by atoms with Gasteiger partial charge < -0.3 is 10.1 Å². The average Bonchev–Trinajstić information content (AvgIpc) is 2.80. The number of benzene rings is 3. The van der Waals surface area contributed by atoms with Gasteiger partial charge in [0.25, 0.3) is 0 Å². The molecule has 0 fully saturated rings. The Morgan fingerprint density at radius 3 is 2.53 bits per heavy atom. The van der Waals surface area contributed by atoms with Crippen LogP contribution >= 0.6 is 39.1 Å². The lowest BCUT2D eigenvalue weighted by atomic mass is 10.2. The number of amides is 2. The summed E-state index contributed by atoms with van der Waals surface area (Å²) in [6, 6.07) is 18.1. The zero-order valence-corrected chi connectivity index (χ0v) is 21.4. The lowest BCUT2D eigenvalue weighted by Gasteiger charge is -2.10. The molecule has 3 aromatic carbocycles. The van der Waals surface area contributed by atoms with Crippen molar-refractivity contribution >= 4 is 62.8 Å².